The summed E-state index contributed by atoms with van der Waals surface area (Å²) in [5.41, 5.74) is 6.62. The summed E-state index contributed by atoms with van der Waals surface area (Å²) in [6.45, 7) is 2.69. The number of methoxy groups -OCH3 is 1. The monoisotopic (exact) mass is 248 g/mol. The second kappa shape index (κ2) is 5.87. The molecule has 98 valence electrons. The van der Waals surface area contributed by atoms with Crippen molar-refractivity contribution in [3.63, 3.8) is 0 Å². The molecule has 0 radical (unpaired) electrons. The van der Waals surface area contributed by atoms with Gasteiger partial charge >= 0.3 is 0 Å². The highest BCUT2D eigenvalue weighted by atomic mass is 16.5. The first-order valence-corrected chi connectivity index (χ1v) is 6.33. The molecule has 0 spiro atoms. The first-order valence-electron chi connectivity index (χ1n) is 6.33. The molecule has 1 fully saturated rings. The molecule has 1 atom stereocenters. The van der Waals surface area contributed by atoms with Crippen LogP contribution >= 0.6 is 0 Å². The number of nitrogens with zero attached hydrogens (tertiary/aromatic N) is 1. The van der Waals surface area contributed by atoms with Crippen molar-refractivity contribution >= 4 is 5.91 Å². The number of benzene rings is 1. The molecular weight excluding hydrogens is 228 g/mol. The van der Waals surface area contributed by atoms with E-state index in [0.29, 0.717) is 0 Å². The molecule has 2 rings (SSSR count). The first kappa shape index (κ1) is 12.9. The van der Waals surface area contributed by atoms with Crippen LogP contribution in [0.5, 0.6) is 5.75 Å². The maximum atomic E-state index is 11.2. The Morgan fingerprint density at radius 3 is 2.78 bits per heavy atom. The van der Waals surface area contributed by atoms with Crippen molar-refractivity contribution in [1.82, 2.24) is 4.90 Å². The summed E-state index contributed by atoms with van der Waals surface area (Å²) in [5, 5.41) is 0. The lowest BCUT2D eigenvalue weighted by atomic mass is 9.97. The second-order valence-electron chi connectivity index (χ2n) is 4.82. The summed E-state index contributed by atoms with van der Waals surface area (Å²) in [5.74, 6) is 0.707. The summed E-state index contributed by atoms with van der Waals surface area (Å²) < 4.78 is 5.13. The Bertz CT molecular complexity index is 403. The minimum absolute atomic E-state index is 0.0111. The molecule has 18 heavy (non-hydrogen) atoms. The number of amides is 1. The van der Waals surface area contributed by atoms with Crippen molar-refractivity contribution in [3.05, 3.63) is 29.8 Å². The van der Waals surface area contributed by atoms with E-state index in [0.717, 1.165) is 38.2 Å². The van der Waals surface area contributed by atoms with Crippen molar-refractivity contribution < 1.29 is 9.53 Å². The third kappa shape index (κ3) is 3.23. The Kier molecular flexibility index (Phi) is 4.20. The first-order chi connectivity index (χ1) is 8.69. The van der Waals surface area contributed by atoms with E-state index in [2.05, 4.69) is 17.0 Å². The summed E-state index contributed by atoms with van der Waals surface area (Å²) in [4.78, 5) is 13.5. The van der Waals surface area contributed by atoms with Gasteiger partial charge in [0.05, 0.1) is 13.0 Å². The van der Waals surface area contributed by atoms with E-state index in [1.54, 1.807) is 7.11 Å². The van der Waals surface area contributed by atoms with Gasteiger partial charge in [0, 0.05) is 13.1 Å². The molecule has 2 N–H and O–H groups in total. The van der Waals surface area contributed by atoms with Crippen LogP contribution in [0.3, 0.4) is 0 Å². The van der Waals surface area contributed by atoms with Crippen molar-refractivity contribution in [2.45, 2.75) is 19.4 Å². The normalized spacial score (nSPS) is 20.6. The number of carbonyl (C=O) groups is 1. The standard InChI is InChI=1S/C14H20N2O2/c1-18-13-6-4-11(5-7-13)9-16-8-2-3-12(10-16)14(15)17/h4-7,12H,2-3,8-10H2,1H3,(H2,15,17)/t12-/m1/s1. The maximum absolute atomic E-state index is 11.2. The second-order valence-corrected chi connectivity index (χ2v) is 4.82. The fourth-order valence-electron chi connectivity index (χ4n) is 2.42. The zero-order chi connectivity index (χ0) is 13.0. The molecular formula is C14H20N2O2. The van der Waals surface area contributed by atoms with Gasteiger partial charge in [-0.25, -0.2) is 0 Å². The van der Waals surface area contributed by atoms with Crippen LogP contribution in [0.25, 0.3) is 0 Å². The SMILES string of the molecule is COc1ccc(CN2CCC[C@@H](C(N)=O)C2)cc1. The molecule has 1 aromatic rings. The lowest BCUT2D eigenvalue weighted by molar-refractivity contribution is -0.123. The molecule has 4 nitrogen and oxygen atoms in total. The van der Waals surface area contributed by atoms with E-state index in [-0.39, 0.29) is 11.8 Å². The highest BCUT2D eigenvalue weighted by molar-refractivity contribution is 5.76. The number of likely N-dealkylation sites (tertiary alicyclic amines) is 1. The van der Waals surface area contributed by atoms with Gasteiger partial charge in [-0.05, 0) is 37.1 Å². The van der Waals surface area contributed by atoms with Crippen molar-refractivity contribution in [3.8, 4) is 5.75 Å². The predicted molar refractivity (Wildman–Crippen MR) is 70.2 cm³/mol. The molecule has 1 saturated heterocycles. The molecule has 0 saturated carbocycles. The number of primary amides is 1. The van der Waals surface area contributed by atoms with Gasteiger partial charge in [0.25, 0.3) is 0 Å². The average molecular weight is 248 g/mol. The number of hydrogen-bond donors (Lipinski definition) is 1. The minimum Gasteiger partial charge on any atom is -0.497 e. The van der Waals surface area contributed by atoms with Crippen molar-refractivity contribution in [2.75, 3.05) is 20.2 Å². The van der Waals surface area contributed by atoms with Gasteiger partial charge in [-0.1, -0.05) is 12.1 Å². The molecule has 4 heteroatoms. The molecule has 0 aromatic heterocycles. The number of ether oxygens (including phenoxy) is 1. The Labute approximate surface area is 108 Å². The van der Waals surface area contributed by atoms with E-state index >= 15 is 0 Å². The van der Waals surface area contributed by atoms with E-state index in [1.807, 2.05) is 12.1 Å². The fourth-order valence-corrected chi connectivity index (χ4v) is 2.42. The van der Waals surface area contributed by atoms with E-state index < -0.39 is 0 Å². The van der Waals surface area contributed by atoms with Gasteiger partial charge in [0.2, 0.25) is 5.91 Å². The van der Waals surface area contributed by atoms with Crippen molar-refractivity contribution in [1.29, 1.82) is 0 Å². The number of hydrogen-bond acceptors (Lipinski definition) is 3. The molecule has 0 bridgehead atoms. The van der Waals surface area contributed by atoms with Gasteiger partial charge in [-0.15, -0.1) is 0 Å². The molecule has 1 aliphatic rings. The molecule has 1 aromatic carbocycles. The van der Waals surface area contributed by atoms with Crippen molar-refractivity contribution in [2.24, 2.45) is 11.7 Å². The highest BCUT2D eigenvalue weighted by Gasteiger charge is 2.23. The Hall–Kier alpha value is -1.55. The number of carbonyl (C=O) groups excluding carboxylic acids is 1. The van der Waals surface area contributed by atoms with E-state index in [4.69, 9.17) is 10.5 Å². The van der Waals surface area contributed by atoms with Gasteiger partial charge in [0.1, 0.15) is 5.75 Å². The van der Waals surface area contributed by atoms with Crippen LogP contribution in [0.4, 0.5) is 0 Å². The van der Waals surface area contributed by atoms with Gasteiger partial charge in [0.15, 0.2) is 0 Å². The molecule has 1 aliphatic heterocycles. The molecule has 0 aliphatic carbocycles. The van der Waals surface area contributed by atoms with Crippen LogP contribution in [-0.4, -0.2) is 31.0 Å². The third-order valence-corrected chi connectivity index (χ3v) is 3.47. The largest absolute Gasteiger partial charge is 0.497 e. The summed E-state index contributed by atoms with van der Waals surface area (Å²) >= 11 is 0. The quantitative estimate of drug-likeness (QED) is 0.876. The molecule has 1 amide bonds. The zero-order valence-electron chi connectivity index (χ0n) is 10.8. The Morgan fingerprint density at radius 1 is 1.44 bits per heavy atom. The maximum Gasteiger partial charge on any atom is 0.221 e. The van der Waals surface area contributed by atoms with E-state index in [9.17, 15) is 4.79 Å². The number of rotatable bonds is 4. The van der Waals surface area contributed by atoms with Gasteiger partial charge < -0.3 is 10.5 Å². The summed E-state index contributed by atoms with van der Waals surface area (Å²) in [6.07, 6.45) is 1.97. The minimum atomic E-state index is -0.172. The van der Waals surface area contributed by atoms with E-state index in [1.165, 1.54) is 5.56 Å². The summed E-state index contributed by atoms with van der Waals surface area (Å²) in [6, 6.07) is 8.05. The molecule has 1 heterocycles. The Balaban J connectivity index is 1.93. The van der Waals surface area contributed by atoms with Crippen LogP contribution in [0.15, 0.2) is 24.3 Å². The number of piperidine rings is 1. The van der Waals surface area contributed by atoms with Crippen LogP contribution in [0, 0.1) is 5.92 Å². The predicted octanol–water partition coefficient (Wildman–Crippen LogP) is 1.39. The topological polar surface area (TPSA) is 55.6 Å². The van der Waals surface area contributed by atoms with Crippen LogP contribution in [0.1, 0.15) is 18.4 Å². The van der Waals surface area contributed by atoms with Crippen LogP contribution in [0.2, 0.25) is 0 Å². The van der Waals surface area contributed by atoms with Gasteiger partial charge in [-0.3, -0.25) is 9.69 Å². The van der Waals surface area contributed by atoms with Crippen LogP contribution < -0.4 is 10.5 Å². The third-order valence-electron chi connectivity index (χ3n) is 3.47. The molecule has 0 unspecified atom stereocenters. The smallest absolute Gasteiger partial charge is 0.221 e. The lowest BCUT2D eigenvalue weighted by Crippen LogP contribution is -2.40. The van der Waals surface area contributed by atoms with Crippen LogP contribution in [-0.2, 0) is 11.3 Å². The highest BCUT2D eigenvalue weighted by Crippen LogP contribution is 2.19. The average Bonchev–Trinajstić information content (AvgIpc) is 2.40. The van der Waals surface area contributed by atoms with Gasteiger partial charge in [-0.2, -0.15) is 0 Å². The zero-order valence-corrected chi connectivity index (χ0v) is 10.8. The summed E-state index contributed by atoms with van der Waals surface area (Å²) in [7, 11) is 1.66. The fraction of sp³-hybridized carbons (Fsp3) is 0.500. The lowest BCUT2D eigenvalue weighted by Gasteiger charge is -2.31. The Morgan fingerprint density at radius 2 is 2.17 bits per heavy atom. The number of nitrogens with two attached hydrogens (primary N) is 1.